The lowest BCUT2D eigenvalue weighted by molar-refractivity contribution is 0.303. The predicted molar refractivity (Wildman–Crippen MR) is 58.7 cm³/mol. The topological polar surface area (TPSA) is 29.5 Å². The molecule has 0 amide bonds. The van der Waals surface area contributed by atoms with Gasteiger partial charge in [0.15, 0.2) is 0 Å². The minimum Gasteiger partial charge on any atom is -0.490 e. The molecule has 0 bridgehead atoms. The Hall–Kier alpha value is -1.46. The Labute approximate surface area is 89.9 Å². The van der Waals surface area contributed by atoms with Gasteiger partial charge in [0.05, 0.1) is 12.7 Å². The summed E-state index contributed by atoms with van der Waals surface area (Å²) in [4.78, 5) is 0. The lowest BCUT2D eigenvalue weighted by atomic mass is 10.2. The van der Waals surface area contributed by atoms with E-state index >= 15 is 0 Å². The molecule has 15 heavy (non-hydrogen) atoms. The van der Waals surface area contributed by atoms with E-state index in [1.807, 2.05) is 24.3 Å². The minimum atomic E-state index is 0.121. The van der Waals surface area contributed by atoms with Crippen molar-refractivity contribution in [3.8, 4) is 17.6 Å². The molecule has 0 aliphatic heterocycles. The smallest absolute Gasteiger partial charge is 0.119 e. The molecule has 0 spiro atoms. The average molecular weight is 202 g/mol. The van der Waals surface area contributed by atoms with E-state index < -0.39 is 0 Å². The van der Waals surface area contributed by atoms with Crippen molar-refractivity contribution in [2.75, 3.05) is 6.61 Å². The molecule has 0 atom stereocenters. The molecule has 1 aromatic rings. The zero-order chi connectivity index (χ0) is 10.5. The van der Waals surface area contributed by atoms with Gasteiger partial charge in [-0.05, 0) is 37.1 Å². The Morgan fingerprint density at radius 1 is 1.27 bits per heavy atom. The average Bonchev–Trinajstić information content (AvgIpc) is 3.05. The summed E-state index contributed by atoms with van der Waals surface area (Å²) in [6, 6.07) is 7.78. The third-order valence-corrected chi connectivity index (χ3v) is 2.15. The van der Waals surface area contributed by atoms with Gasteiger partial charge in [-0.25, -0.2) is 0 Å². The first-order chi connectivity index (χ1) is 7.38. The van der Waals surface area contributed by atoms with E-state index in [1.54, 1.807) is 0 Å². The van der Waals surface area contributed by atoms with Gasteiger partial charge in [0.1, 0.15) is 5.75 Å². The van der Waals surface area contributed by atoms with Crippen LogP contribution in [0.25, 0.3) is 0 Å². The number of benzene rings is 1. The number of ether oxygens (including phenoxy) is 1. The second kappa shape index (κ2) is 4.86. The van der Waals surface area contributed by atoms with Crippen LogP contribution in [0.2, 0.25) is 0 Å². The van der Waals surface area contributed by atoms with Gasteiger partial charge in [0.25, 0.3) is 0 Å². The molecule has 0 aromatic heterocycles. The van der Waals surface area contributed by atoms with Crippen LogP contribution in [0.5, 0.6) is 5.75 Å². The molecule has 1 aliphatic carbocycles. The monoisotopic (exact) mass is 202 g/mol. The Morgan fingerprint density at radius 2 is 2.00 bits per heavy atom. The van der Waals surface area contributed by atoms with Crippen molar-refractivity contribution in [1.29, 1.82) is 0 Å². The molecule has 0 radical (unpaired) electrons. The highest BCUT2D eigenvalue weighted by Gasteiger charge is 2.23. The van der Waals surface area contributed by atoms with Crippen molar-refractivity contribution < 1.29 is 9.84 Å². The van der Waals surface area contributed by atoms with Crippen molar-refractivity contribution in [2.45, 2.75) is 25.4 Å². The number of aliphatic hydroxyl groups is 1. The van der Waals surface area contributed by atoms with Crippen LogP contribution in [0.3, 0.4) is 0 Å². The summed E-state index contributed by atoms with van der Waals surface area (Å²) in [5.41, 5.74) is 0.964. The predicted octanol–water partition coefficient (Wildman–Crippen LogP) is 1.96. The number of rotatable bonds is 3. The molecular formula is C13H14O2. The molecule has 0 heterocycles. The second-order valence-electron chi connectivity index (χ2n) is 3.62. The van der Waals surface area contributed by atoms with E-state index in [0.29, 0.717) is 12.5 Å². The molecule has 2 rings (SSSR count). The molecule has 2 nitrogen and oxygen atoms in total. The number of hydrogen-bond acceptors (Lipinski definition) is 2. The van der Waals surface area contributed by atoms with Crippen LogP contribution < -0.4 is 4.74 Å². The maximum Gasteiger partial charge on any atom is 0.119 e. The Kier molecular flexibility index (Phi) is 3.26. The number of hydrogen-bond donors (Lipinski definition) is 1. The summed E-state index contributed by atoms with van der Waals surface area (Å²) in [6.45, 7) is 0.121. The van der Waals surface area contributed by atoms with Crippen molar-refractivity contribution in [3.05, 3.63) is 29.8 Å². The molecule has 1 N–H and O–H groups in total. The van der Waals surface area contributed by atoms with E-state index in [-0.39, 0.29) is 6.61 Å². The van der Waals surface area contributed by atoms with Gasteiger partial charge in [0, 0.05) is 12.0 Å². The summed E-state index contributed by atoms with van der Waals surface area (Å²) in [5, 5.41) is 8.57. The standard InChI is InChI=1S/C13H14O2/c14-10-2-1-3-11-4-6-12(7-5-11)15-13-8-9-13/h4-7,13-14H,2,8-10H2. The Morgan fingerprint density at radius 3 is 2.60 bits per heavy atom. The summed E-state index contributed by atoms with van der Waals surface area (Å²) in [6.07, 6.45) is 3.33. The minimum absolute atomic E-state index is 0.121. The quantitative estimate of drug-likeness (QED) is 0.759. The van der Waals surface area contributed by atoms with Gasteiger partial charge in [-0.2, -0.15) is 0 Å². The van der Waals surface area contributed by atoms with Gasteiger partial charge in [-0.3, -0.25) is 0 Å². The van der Waals surface area contributed by atoms with Crippen LogP contribution in [0.15, 0.2) is 24.3 Å². The molecule has 0 unspecified atom stereocenters. The summed E-state index contributed by atoms with van der Waals surface area (Å²) < 4.78 is 5.62. The molecule has 1 fully saturated rings. The van der Waals surface area contributed by atoms with Gasteiger partial charge in [0.2, 0.25) is 0 Å². The molecular weight excluding hydrogens is 188 g/mol. The van der Waals surface area contributed by atoms with Crippen LogP contribution in [-0.2, 0) is 0 Å². The first-order valence-electron chi connectivity index (χ1n) is 5.25. The highest BCUT2D eigenvalue weighted by molar-refractivity contribution is 5.38. The maximum atomic E-state index is 8.57. The van der Waals surface area contributed by atoms with Gasteiger partial charge < -0.3 is 9.84 Å². The second-order valence-corrected chi connectivity index (χ2v) is 3.62. The van der Waals surface area contributed by atoms with Crippen LogP contribution >= 0.6 is 0 Å². The molecule has 0 saturated heterocycles. The molecule has 78 valence electrons. The SMILES string of the molecule is OCCC#Cc1ccc(OC2CC2)cc1. The van der Waals surface area contributed by atoms with E-state index in [9.17, 15) is 0 Å². The fourth-order valence-corrected chi connectivity index (χ4v) is 1.22. The molecule has 1 aromatic carbocycles. The maximum absolute atomic E-state index is 8.57. The zero-order valence-corrected chi connectivity index (χ0v) is 8.57. The fraction of sp³-hybridized carbons (Fsp3) is 0.385. The van der Waals surface area contributed by atoms with E-state index in [4.69, 9.17) is 9.84 Å². The zero-order valence-electron chi connectivity index (χ0n) is 8.57. The molecule has 1 saturated carbocycles. The third-order valence-electron chi connectivity index (χ3n) is 2.15. The summed E-state index contributed by atoms with van der Waals surface area (Å²) in [5.74, 6) is 6.78. The molecule has 2 heteroatoms. The Bertz CT molecular complexity index is 366. The van der Waals surface area contributed by atoms with Crippen LogP contribution in [0.4, 0.5) is 0 Å². The van der Waals surface area contributed by atoms with Crippen LogP contribution in [0.1, 0.15) is 24.8 Å². The third kappa shape index (κ3) is 3.30. The van der Waals surface area contributed by atoms with Crippen molar-refractivity contribution in [1.82, 2.24) is 0 Å². The molecule has 1 aliphatic rings. The summed E-state index contributed by atoms with van der Waals surface area (Å²) >= 11 is 0. The van der Waals surface area contributed by atoms with Gasteiger partial charge in [-0.15, -0.1) is 0 Å². The van der Waals surface area contributed by atoms with E-state index in [0.717, 1.165) is 11.3 Å². The van der Waals surface area contributed by atoms with Gasteiger partial charge >= 0.3 is 0 Å². The van der Waals surface area contributed by atoms with E-state index in [2.05, 4.69) is 11.8 Å². The van der Waals surface area contributed by atoms with Gasteiger partial charge in [-0.1, -0.05) is 11.8 Å². The summed E-state index contributed by atoms with van der Waals surface area (Å²) in [7, 11) is 0. The Balaban J connectivity index is 1.94. The van der Waals surface area contributed by atoms with Crippen LogP contribution in [-0.4, -0.2) is 17.8 Å². The van der Waals surface area contributed by atoms with Crippen molar-refractivity contribution in [3.63, 3.8) is 0 Å². The lowest BCUT2D eigenvalue weighted by Crippen LogP contribution is -1.95. The number of aliphatic hydroxyl groups excluding tert-OH is 1. The first-order valence-corrected chi connectivity index (χ1v) is 5.25. The lowest BCUT2D eigenvalue weighted by Gasteiger charge is -2.02. The highest BCUT2D eigenvalue weighted by atomic mass is 16.5. The largest absolute Gasteiger partial charge is 0.490 e. The van der Waals surface area contributed by atoms with E-state index in [1.165, 1.54) is 12.8 Å². The normalized spacial score (nSPS) is 14.2. The fourth-order valence-electron chi connectivity index (χ4n) is 1.22. The van der Waals surface area contributed by atoms with Crippen molar-refractivity contribution in [2.24, 2.45) is 0 Å². The first kappa shape index (κ1) is 10.1. The highest BCUT2D eigenvalue weighted by Crippen LogP contribution is 2.26. The van der Waals surface area contributed by atoms with Crippen molar-refractivity contribution >= 4 is 0 Å². The van der Waals surface area contributed by atoms with Crippen LogP contribution in [0, 0.1) is 11.8 Å².